The highest BCUT2D eigenvalue weighted by atomic mass is 15.1. The van der Waals surface area contributed by atoms with Crippen molar-refractivity contribution in [3.63, 3.8) is 0 Å². The van der Waals surface area contributed by atoms with Gasteiger partial charge in [-0.15, -0.1) is 0 Å². The molecule has 1 aliphatic heterocycles. The minimum Gasteiger partial charge on any atom is -0.299 e. The first kappa shape index (κ1) is 10.7. The van der Waals surface area contributed by atoms with Crippen LogP contribution in [-0.4, -0.2) is 28.0 Å². The maximum absolute atomic E-state index is 4.35. The van der Waals surface area contributed by atoms with E-state index >= 15 is 0 Å². The highest BCUT2D eigenvalue weighted by molar-refractivity contribution is 5.74. The molecule has 88 valence electrons. The van der Waals surface area contributed by atoms with Crippen LogP contribution in [0.5, 0.6) is 0 Å². The smallest absolute Gasteiger partial charge is 0.0890 e. The molecule has 1 aliphatic rings. The van der Waals surface area contributed by atoms with Gasteiger partial charge in [0.15, 0.2) is 0 Å². The Morgan fingerprint density at radius 2 is 1.71 bits per heavy atom. The quantitative estimate of drug-likeness (QED) is 0.789. The Morgan fingerprint density at radius 3 is 2.53 bits per heavy atom. The SMILES string of the molecule is c1cnc2cc(CN3CCCCC3)ccc2n1. The maximum atomic E-state index is 4.35. The molecule has 0 amide bonds. The summed E-state index contributed by atoms with van der Waals surface area (Å²) >= 11 is 0. The molecule has 3 nitrogen and oxygen atoms in total. The molecule has 2 heterocycles. The van der Waals surface area contributed by atoms with Crippen LogP contribution in [-0.2, 0) is 6.54 Å². The van der Waals surface area contributed by atoms with Gasteiger partial charge in [-0.1, -0.05) is 12.5 Å². The topological polar surface area (TPSA) is 29.0 Å². The van der Waals surface area contributed by atoms with Crippen molar-refractivity contribution in [1.82, 2.24) is 14.9 Å². The van der Waals surface area contributed by atoms with Crippen LogP contribution >= 0.6 is 0 Å². The van der Waals surface area contributed by atoms with Gasteiger partial charge in [0.2, 0.25) is 0 Å². The van der Waals surface area contributed by atoms with Gasteiger partial charge in [0.1, 0.15) is 0 Å². The molecule has 0 radical (unpaired) electrons. The average Bonchev–Trinajstić information content (AvgIpc) is 2.40. The average molecular weight is 227 g/mol. The number of piperidine rings is 1. The molecule has 1 saturated heterocycles. The van der Waals surface area contributed by atoms with Gasteiger partial charge in [0, 0.05) is 18.9 Å². The molecule has 1 aromatic heterocycles. The second kappa shape index (κ2) is 4.80. The fourth-order valence-electron chi connectivity index (χ4n) is 2.48. The zero-order valence-corrected chi connectivity index (χ0v) is 9.97. The molecule has 0 spiro atoms. The van der Waals surface area contributed by atoms with Gasteiger partial charge in [0.25, 0.3) is 0 Å². The third-order valence-corrected chi connectivity index (χ3v) is 3.39. The van der Waals surface area contributed by atoms with Crippen LogP contribution in [0.25, 0.3) is 11.0 Å². The molecule has 0 aliphatic carbocycles. The summed E-state index contributed by atoms with van der Waals surface area (Å²) in [6.45, 7) is 3.52. The lowest BCUT2D eigenvalue weighted by molar-refractivity contribution is 0.221. The van der Waals surface area contributed by atoms with Crippen molar-refractivity contribution >= 4 is 11.0 Å². The first-order chi connectivity index (χ1) is 8.42. The van der Waals surface area contributed by atoms with Crippen LogP contribution in [0.4, 0.5) is 0 Å². The lowest BCUT2D eigenvalue weighted by atomic mass is 10.1. The summed E-state index contributed by atoms with van der Waals surface area (Å²) < 4.78 is 0. The molecule has 3 rings (SSSR count). The molecular weight excluding hydrogens is 210 g/mol. The molecule has 3 heteroatoms. The van der Waals surface area contributed by atoms with Gasteiger partial charge in [-0.2, -0.15) is 0 Å². The van der Waals surface area contributed by atoms with Gasteiger partial charge in [0.05, 0.1) is 11.0 Å². The second-order valence-electron chi connectivity index (χ2n) is 4.72. The van der Waals surface area contributed by atoms with Crippen molar-refractivity contribution in [3.05, 3.63) is 36.2 Å². The van der Waals surface area contributed by atoms with Crippen LogP contribution < -0.4 is 0 Å². The number of hydrogen-bond acceptors (Lipinski definition) is 3. The lowest BCUT2D eigenvalue weighted by Crippen LogP contribution is -2.29. The first-order valence-corrected chi connectivity index (χ1v) is 6.34. The molecule has 0 saturated carbocycles. The van der Waals surface area contributed by atoms with E-state index in [1.165, 1.54) is 37.9 Å². The minimum atomic E-state index is 0.981. The Labute approximate surface area is 101 Å². The summed E-state index contributed by atoms with van der Waals surface area (Å²) in [6.07, 6.45) is 7.57. The maximum Gasteiger partial charge on any atom is 0.0890 e. The monoisotopic (exact) mass is 227 g/mol. The number of nitrogens with zero attached hydrogens (tertiary/aromatic N) is 3. The van der Waals surface area contributed by atoms with Gasteiger partial charge in [-0.25, -0.2) is 0 Å². The molecule has 0 bridgehead atoms. The van der Waals surface area contributed by atoms with E-state index in [0.29, 0.717) is 0 Å². The van der Waals surface area contributed by atoms with Crippen molar-refractivity contribution in [3.8, 4) is 0 Å². The Hall–Kier alpha value is -1.48. The summed E-state index contributed by atoms with van der Waals surface area (Å²) in [4.78, 5) is 11.2. The molecule has 0 unspecified atom stereocenters. The molecular formula is C14H17N3. The summed E-state index contributed by atoms with van der Waals surface area (Å²) in [5, 5.41) is 0. The summed E-state index contributed by atoms with van der Waals surface area (Å²) in [6, 6.07) is 6.41. The van der Waals surface area contributed by atoms with Crippen molar-refractivity contribution in [2.24, 2.45) is 0 Å². The number of aromatic nitrogens is 2. The van der Waals surface area contributed by atoms with E-state index in [4.69, 9.17) is 0 Å². The number of likely N-dealkylation sites (tertiary alicyclic amines) is 1. The number of fused-ring (bicyclic) bond motifs is 1. The van der Waals surface area contributed by atoms with Crippen molar-refractivity contribution in [1.29, 1.82) is 0 Å². The fourth-order valence-corrected chi connectivity index (χ4v) is 2.48. The normalized spacial score (nSPS) is 17.4. The van der Waals surface area contributed by atoms with E-state index in [2.05, 4.69) is 33.1 Å². The standard InChI is InChI=1S/C14H17N3/c1-2-8-17(9-3-1)11-12-4-5-13-14(10-12)16-7-6-15-13/h4-7,10H,1-3,8-9,11H2. The van der Waals surface area contributed by atoms with E-state index < -0.39 is 0 Å². The Morgan fingerprint density at radius 1 is 0.941 bits per heavy atom. The first-order valence-electron chi connectivity index (χ1n) is 6.34. The molecule has 0 atom stereocenters. The number of benzene rings is 1. The third-order valence-electron chi connectivity index (χ3n) is 3.39. The highest BCUT2D eigenvalue weighted by Crippen LogP contribution is 2.15. The van der Waals surface area contributed by atoms with Gasteiger partial charge < -0.3 is 0 Å². The highest BCUT2D eigenvalue weighted by Gasteiger charge is 2.10. The summed E-state index contributed by atoms with van der Waals surface area (Å²) in [7, 11) is 0. The molecule has 1 aromatic carbocycles. The van der Waals surface area contributed by atoms with Crippen molar-refractivity contribution < 1.29 is 0 Å². The zero-order chi connectivity index (χ0) is 11.5. The molecule has 2 aromatic rings. The van der Waals surface area contributed by atoms with E-state index in [0.717, 1.165) is 17.6 Å². The Bertz CT molecular complexity index is 504. The minimum absolute atomic E-state index is 0.981. The van der Waals surface area contributed by atoms with Gasteiger partial charge in [-0.05, 0) is 43.6 Å². The van der Waals surface area contributed by atoms with Crippen LogP contribution in [0, 0.1) is 0 Å². The fraction of sp³-hybridized carbons (Fsp3) is 0.429. The number of rotatable bonds is 2. The predicted octanol–water partition coefficient (Wildman–Crippen LogP) is 2.62. The molecule has 17 heavy (non-hydrogen) atoms. The van der Waals surface area contributed by atoms with Crippen LogP contribution in [0.3, 0.4) is 0 Å². The lowest BCUT2D eigenvalue weighted by Gasteiger charge is -2.26. The van der Waals surface area contributed by atoms with E-state index in [1.54, 1.807) is 12.4 Å². The molecule has 1 fully saturated rings. The van der Waals surface area contributed by atoms with Crippen LogP contribution in [0.15, 0.2) is 30.6 Å². The van der Waals surface area contributed by atoms with Gasteiger partial charge >= 0.3 is 0 Å². The summed E-state index contributed by atoms with van der Waals surface area (Å²) in [5.74, 6) is 0. The van der Waals surface area contributed by atoms with E-state index in [-0.39, 0.29) is 0 Å². The largest absolute Gasteiger partial charge is 0.299 e. The predicted molar refractivity (Wildman–Crippen MR) is 68.7 cm³/mol. The Balaban J connectivity index is 1.80. The third kappa shape index (κ3) is 2.44. The van der Waals surface area contributed by atoms with E-state index in [1.807, 2.05) is 0 Å². The van der Waals surface area contributed by atoms with Crippen molar-refractivity contribution in [2.45, 2.75) is 25.8 Å². The Kier molecular flexibility index (Phi) is 3.01. The second-order valence-corrected chi connectivity index (χ2v) is 4.72. The molecule has 0 N–H and O–H groups in total. The zero-order valence-electron chi connectivity index (χ0n) is 9.97. The summed E-state index contributed by atoms with van der Waals surface area (Å²) in [5.41, 5.74) is 3.33. The van der Waals surface area contributed by atoms with Crippen LogP contribution in [0.2, 0.25) is 0 Å². The van der Waals surface area contributed by atoms with Gasteiger partial charge in [-0.3, -0.25) is 14.9 Å². The van der Waals surface area contributed by atoms with E-state index in [9.17, 15) is 0 Å². The number of hydrogen-bond donors (Lipinski definition) is 0. The van der Waals surface area contributed by atoms with Crippen molar-refractivity contribution in [2.75, 3.05) is 13.1 Å². The van der Waals surface area contributed by atoms with Crippen LogP contribution in [0.1, 0.15) is 24.8 Å².